The minimum absolute atomic E-state index is 0.00989. The maximum Gasteiger partial charge on any atom is 0.246 e. The summed E-state index contributed by atoms with van der Waals surface area (Å²) in [7, 11) is 3.55. The van der Waals surface area contributed by atoms with Gasteiger partial charge in [-0.1, -0.05) is 22.0 Å². The number of aliphatic imine (C=N–C) groups is 1. The number of carbonyl (C=O) groups is 1. The Morgan fingerprint density at radius 2 is 2.17 bits per heavy atom. The number of guanidine groups is 1. The van der Waals surface area contributed by atoms with Crippen molar-refractivity contribution in [3.05, 3.63) is 28.2 Å². The molecule has 0 aromatic heterocycles. The minimum atomic E-state index is -0.194. The second kappa shape index (κ2) is 6.39. The number of nitrogens with two attached hydrogens (primary N) is 1. The summed E-state index contributed by atoms with van der Waals surface area (Å²) in [5.41, 5.74) is 7.37. The van der Waals surface area contributed by atoms with Crippen LogP contribution in [0.1, 0.15) is 5.56 Å². The van der Waals surface area contributed by atoms with Gasteiger partial charge in [-0.3, -0.25) is 4.79 Å². The van der Waals surface area contributed by atoms with Gasteiger partial charge in [-0.05, 0) is 24.6 Å². The van der Waals surface area contributed by atoms with Crippen LogP contribution >= 0.6 is 15.9 Å². The molecule has 5 nitrogen and oxygen atoms in total. The van der Waals surface area contributed by atoms with E-state index in [1.54, 1.807) is 19.0 Å². The molecule has 18 heavy (non-hydrogen) atoms. The number of aryl methyl sites for hydroxylation is 1. The Morgan fingerprint density at radius 3 is 2.78 bits per heavy atom. The molecule has 1 aromatic carbocycles. The fourth-order valence-corrected chi connectivity index (χ4v) is 1.57. The van der Waals surface area contributed by atoms with Crippen molar-refractivity contribution in [3.63, 3.8) is 0 Å². The lowest BCUT2D eigenvalue weighted by Crippen LogP contribution is -2.31. The number of rotatable bonds is 3. The summed E-state index contributed by atoms with van der Waals surface area (Å²) in [6.45, 7) is 1.94. The van der Waals surface area contributed by atoms with E-state index in [0.29, 0.717) is 5.96 Å². The molecule has 3 N–H and O–H groups in total. The number of benzene rings is 1. The summed E-state index contributed by atoms with van der Waals surface area (Å²) in [5, 5.41) is 2.80. The van der Waals surface area contributed by atoms with Crippen LogP contribution in [0.25, 0.3) is 0 Å². The van der Waals surface area contributed by atoms with E-state index in [9.17, 15) is 4.79 Å². The number of anilines is 1. The van der Waals surface area contributed by atoms with Crippen LogP contribution in [0.5, 0.6) is 0 Å². The fourth-order valence-electron chi connectivity index (χ4n) is 1.21. The van der Waals surface area contributed by atoms with Crippen molar-refractivity contribution < 1.29 is 4.79 Å². The van der Waals surface area contributed by atoms with Gasteiger partial charge in [0.15, 0.2) is 5.96 Å². The quantitative estimate of drug-likeness (QED) is 0.657. The maximum absolute atomic E-state index is 11.7. The molecule has 0 atom stereocenters. The number of halogens is 1. The lowest BCUT2D eigenvalue weighted by Gasteiger charge is -2.11. The van der Waals surface area contributed by atoms with E-state index < -0.39 is 0 Å². The molecule has 0 spiro atoms. The molecule has 0 bridgehead atoms. The zero-order valence-electron chi connectivity index (χ0n) is 10.7. The lowest BCUT2D eigenvalue weighted by molar-refractivity contribution is -0.114. The van der Waals surface area contributed by atoms with E-state index >= 15 is 0 Å². The number of hydrogen-bond donors (Lipinski definition) is 2. The Balaban J connectivity index is 2.65. The second-order valence-electron chi connectivity index (χ2n) is 4.08. The number of hydrogen-bond acceptors (Lipinski definition) is 2. The van der Waals surface area contributed by atoms with Gasteiger partial charge >= 0.3 is 0 Å². The summed E-state index contributed by atoms with van der Waals surface area (Å²) in [6, 6.07) is 5.70. The van der Waals surface area contributed by atoms with Gasteiger partial charge in [0.1, 0.15) is 6.54 Å². The Bertz CT molecular complexity index is 471. The van der Waals surface area contributed by atoms with Gasteiger partial charge in [0, 0.05) is 24.3 Å². The molecular weight excluding hydrogens is 296 g/mol. The zero-order chi connectivity index (χ0) is 13.7. The smallest absolute Gasteiger partial charge is 0.246 e. The third kappa shape index (κ3) is 4.37. The molecule has 0 saturated carbocycles. The highest BCUT2D eigenvalue weighted by molar-refractivity contribution is 9.10. The van der Waals surface area contributed by atoms with Gasteiger partial charge in [0.2, 0.25) is 5.91 Å². The molecule has 0 heterocycles. The van der Waals surface area contributed by atoms with Crippen LogP contribution in [-0.4, -0.2) is 37.4 Å². The van der Waals surface area contributed by atoms with E-state index in [0.717, 1.165) is 15.7 Å². The summed E-state index contributed by atoms with van der Waals surface area (Å²) in [4.78, 5) is 17.3. The average Bonchev–Trinajstić information content (AvgIpc) is 2.30. The largest absolute Gasteiger partial charge is 0.370 e. The Kier molecular flexibility index (Phi) is 5.15. The van der Waals surface area contributed by atoms with Crippen molar-refractivity contribution in [2.45, 2.75) is 6.92 Å². The van der Waals surface area contributed by atoms with Gasteiger partial charge in [-0.15, -0.1) is 0 Å². The van der Waals surface area contributed by atoms with Crippen LogP contribution in [0.2, 0.25) is 0 Å². The highest BCUT2D eigenvalue weighted by atomic mass is 79.9. The van der Waals surface area contributed by atoms with Gasteiger partial charge in [0.05, 0.1) is 0 Å². The van der Waals surface area contributed by atoms with Crippen LogP contribution in [0.3, 0.4) is 0 Å². The first kappa shape index (κ1) is 14.5. The molecule has 1 amide bonds. The standard InChI is InChI=1S/C12H17BrN4O/c1-8-4-5-9(13)6-10(8)16-11(18)7-15-12(14)17(2)3/h4-6H,7H2,1-3H3,(H2,14,15)(H,16,18). The first-order valence-corrected chi connectivity index (χ1v) is 6.22. The van der Waals surface area contributed by atoms with E-state index in [4.69, 9.17) is 5.73 Å². The van der Waals surface area contributed by atoms with Crippen LogP contribution in [-0.2, 0) is 4.79 Å². The number of carbonyl (C=O) groups excluding carboxylic acids is 1. The summed E-state index contributed by atoms with van der Waals surface area (Å²) in [6.07, 6.45) is 0. The third-order valence-electron chi connectivity index (χ3n) is 2.32. The summed E-state index contributed by atoms with van der Waals surface area (Å²) < 4.78 is 0.916. The lowest BCUT2D eigenvalue weighted by atomic mass is 10.2. The Labute approximate surface area is 115 Å². The third-order valence-corrected chi connectivity index (χ3v) is 2.81. The molecule has 0 aliphatic heterocycles. The molecule has 1 aromatic rings. The Hall–Kier alpha value is -1.56. The van der Waals surface area contributed by atoms with Crippen LogP contribution in [0.15, 0.2) is 27.7 Å². The SMILES string of the molecule is Cc1ccc(Br)cc1NC(=O)CN=C(N)N(C)C. The predicted molar refractivity (Wildman–Crippen MR) is 77.7 cm³/mol. The van der Waals surface area contributed by atoms with Crippen molar-refractivity contribution in [1.82, 2.24) is 4.90 Å². The summed E-state index contributed by atoms with van der Waals surface area (Å²) in [5.74, 6) is 0.136. The second-order valence-corrected chi connectivity index (χ2v) is 4.99. The van der Waals surface area contributed by atoms with E-state index in [1.807, 2.05) is 25.1 Å². The molecule has 0 saturated heterocycles. The zero-order valence-corrected chi connectivity index (χ0v) is 12.3. The monoisotopic (exact) mass is 312 g/mol. The molecular formula is C12H17BrN4O. The number of nitrogens with one attached hydrogen (secondary N) is 1. The number of amides is 1. The first-order valence-electron chi connectivity index (χ1n) is 5.43. The van der Waals surface area contributed by atoms with Crippen molar-refractivity contribution in [1.29, 1.82) is 0 Å². The van der Waals surface area contributed by atoms with Crippen molar-refractivity contribution in [2.75, 3.05) is 26.0 Å². The van der Waals surface area contributed by atoms with Crippen LogP contribution < -0.4 is 11.1 Å². The average molecular weight is 313 g/mol. The predicted octanol–water partition coefficient (Wildman–Crippen LogP) is 1.57. The minimum Gasteiger partial charge on any atom is -0.370 e. The van der Waals surface area contributed by atoms with E-state index in [1.165, 1.54) is 0 Å². The van der Waals surface area contributed by atoms with E-state index in [2.05, 4.69) is 26.2 Å². The highest BCUT2D eigenvalue weighted by Crippen LogP contribution is 2.20. The van der Waals surface area contributed by atoms with Gasteiger partial charge < -0.3 is 16.0 Å². The van der Waals surface area contributed by atoms with Gasteiger partial charge in [-0.2, -0.15) is 0 Å². The normalized spacial score (nSPS) is 11.2. The van der Waals surface area contributed by atoms with Crippen molar-refractivity contribution in [3.8, 4) is 0 Å². The van der Waals surface area contributed by atoms with Gasteiger partial charge in [0.25, 0.3) is 0 Å². The molecule has 0 unspecified atom stereocenters. The number of nitrogens with zero attached hydrogens (tertiary/aromatic N) is 2. The van der Waals surface area contributed by atoms with Crippen LogP contribution in [0, 0.1) is 6.92 Å². The first-order chi connectivity index (χ1) is 8.40. The van der Waals surface area contributed by atoms with Crippen molar-refractivity contribution >= 4 is 33.5 Å². The topological polar surface area (TPSA) is 70.7 Å². The maximum atomic E-state index is 11.7. The molecule has 1 rings (SSSR count). The highest BCUT2D eigenvalue weighted by Gasteiger charge is 2.05. The fraction of sp³-hybridized carbons (Fsp3) is 0.333. The van der Waals surface area contributed by atoms with Crippen molar-refractivity contribution in [2.24, 2.45) is 10.7 Å². The van der Waals surface area contributed by atoms with Gasteiger partial charge in [-0.25, -0.2) is 4.99 Å². The molecule has 98 valence electrons. The summed E-state index contributed by atoms with van der Waals surface area (Å²) >= 11 is 3.36. The molecule has 0 aliphatic carbocycles. The van der Waals surface area contributed by atoms with E-state index in [-0.39, 0.29) is 12.5 Å². The molecule has 0 fully saturated rings. The van der Waals surface area contributed by atoms with Crippen LogP contribution in [0.4, 0.5) is 5.69 Å². The molecule has 0 aliphatic rings. The Morgan fingerprint density at radius 1 is 1.50 bits per heavy atom. The molecule has 6 heteroatoms. The molecule has 0 radical (unpaired) electrons.